The molecule has 0 aliphatic rings. The van der Waals surface area contributed by atoms with Crippen LogP contribution in [-0.2, 0) is 0 Å². The van der Waals surface area contributed by atoms with Gasteiger partial charge in [0.1, 0.15) is 0 Å². The molecule has 8 heavy (non-hydrogen) atoms. The second kappa shape index (κ2) is 2.52. The summed E-state index contributed by atoms with van der Waals surface area (Å²) in [7, 11) is 0. The summed E-state index contributed by atoms with van der Waals surface area (Å²) in [5, 5.41) is 0. The van der Waals surface area contributed by atoms with Gasteiger partial charge in [-0.05, 0) is 17.7 Å². The van der Waals surface area contributed by atoms with Crippen molar-refractivity contribution in [2.75, 3.05) is 0 Å². The monoisotopic (exact) mass is 122 g/mol. The average Bonchev–Trinajstić information content (AvgIpc) is 1.95. The van der Waals surface area contributed by atoms with Crippen molar-refractivity contribution in [3.05, 3.63) is 0 Å². The van der Waals surface area contributed by atoms with Gasteiger partial charge >= 0.3 is 0 Å². The lowest BCUT2D eigenvalue weighted by Crippen LogP contribution is -2.08. The van der Waals surface area contributed by atoms with E-state index >= 15 is 0 Å². The van der Waals surface area contributed by atoms with E-state index in [0.717, 1.165) is 0 Å². The summed E-state index contributed by atoms with van der Waals surface area (Å²) in [6, 6.07) is 0. The second-order valence-corrected chi connectivity index (χ2v) is 2.92. The van der Waals surface area contributed by atoms with Crippen LogP contribution in [0.3, 0.4) is 0 Å². The van der Waals surface area contributed by atoms with Crippen molar-refractivity contribution in [2.24, 2.45) is 11.3 Å². The summed E-state index contributed by atoms with van der Waals surface area (Å²) in [4.78, 5) is 0. The van der Waals surface area contributed by atoms with Gasteiger partial charge in [-0.1, -0.05) is 34.5 Å². The zero-order valence-corrected chi connectivity index (χ0v) is 5.58. The van der Waals surface area contributed by atoms with Gasteiger partial charge in [-0.3, -0.25) is 0 Å². The van der Waals surface area contributed by atoms with Crippen molar-refractivity contribution in [1.82, 2.24) is 0 Å². The lowest BCUT2D eigenvalue weighted by Gasteiger charge is -2.19. The molecule has 0 aromatic heterocycles. The highest BCUT2D eigenvalue weighted by molar-refractivity contribution is 4.62. The SMILES string of the molecule is [2H]C(C(C)(C)C)C([2H])(C([2H])([2H])[2H])C([2H])([2H])[2H]. The molecule has 0 saturated carbocycles. The fraction of sp³-hybridized carbons (Fsp3) is 1.00. The van der Waals surface area contributed by atoms with E-state index in [2.05, 4.69) is 0 Å². The van der Waals surface area contributed by atoms with Crippen molar-refractivity contribution >= 4 is 0 Å². The van der Waals surface area contributed by atoms with Gasteiger partial charge in [-0.2, -0.15) is 0 Å². The van der Waals surface area contributed by atoms with Gasteiger partial charge in [-0.25, -0.2) is 0 Å². The molecule has 50 valence electrons. The predicted molar refractivity (Wildman–Crippen MR) is 38.9 cm³/mol. The molecule has 0 nitrogen and oxygen atoms in total. The maximum absolute atomic E-state index is 7.78. The van der Waals surface area contributed by atoms with Crippen LogP contribution in [0, 0.1) is 11.3 Å². The highest BCUT2D eigenvalue weighted by Gasteiger charge is 2.11. The largest absolute Gasteiger partial charge is 0.0628 e. The van der Waals surface area contributed by atoms with Gasteiger partial charge in [0, 0.05) is 11.0 Å². The minimum Gasteiger partial charge on any atom is -0.0628 e. The molecule has 1 unspecified atom stereocenters. The average molecular weight is 122 g/mol. The van der Waals surface area contributed by atoms with Gasteiger partial charge < -0.3 is 0 Å². The molecule has 0 aromatic carbocycles. The first-order valence-electron chi connectivity index (χ1n) is 6.65. The molecule has 0 amide bonds. The Morgan fingerprint density at radius 2 is 2.12 bits per heavy atom. The van der Waals surface area contributed by atoms with Crippen LogP contribution in [0.1, 0.15) is 51.8 Å². The molecule has 1 atom stereocenters. The van der Waals surface area contributed by atoms with E-state index in [1.807, 2.05) is 0 Å². The van der Waals surface area contributed by atoms with Crippen molar-refractivity contribution in [2.45, 2.75) is 40.9 Å². The number of hydrogen-bond donors (Lipinski definition) is 0. The summed E-state index contributed by atoms with van der Waals surface area (Å²) in [6.45, 7) is -1.35. The van der Waals surface area contributed by atoms with Gasteiger partial charge in [0.2, 0.25) is 0 Å². The summed E-state index contributed by atoms with van der Waals surface area (Å²) in [5.41, 5.74) is -0.884. The first-order chi connectivity index (χ1) is 6.65. The summed E-state index contributed by atoms with van der Waals surface area (Å²) < 4.78 is 58.9. The normalized spacial score (nSPS) is 35.9. The van der Waals surface area contributed by atoms with Crippen LogP contribution in [0.2, 0.25) is 0 Å². The maximum atomic E-state index is 7.78. The van der Waals surface area contributed by atoms with Crippen molar-refractivity contribution < 1.29 is 11.0 Å². The maximum Gasteiger partial charge on any atom is 0.0297 e. The standard InChI is InChI=1S/C8H18/c1-7(2)6-8(3,4)5/h7H,6H2,1-5H3/i1D3,2D3,6D,7D. The van der Waals surface area contributed by atoms with E-state index in [4.69, 9.17) is 11.0 Å². The molecule has 0 saturated heterocycles. The molecule has 0 bridgehead atoms. The van der Waals surface area contributed by atoms with Gasteiger partial charge in [0.05, 0.1) is 0 Å². The first-order valence-corrected chi connectivity index (χ1v) is 2.58. The van der Waals surface area contributed by atoms with E-state index in [-0.39, 0.29) is 0 Å². The zero-order valence-electron chi connectivity index (χ0n) is 13.6. The molecular formula is C8H18. The van der Waals surface area contributed by atoms with Crippen LogP contribution in [-0.4, -0.2) is 0 Å². The Morgan fingerprint density at radius 3 is 2.25 bits per heavy atom. The summed E-state index contributed by atoms with van der Waals surface area (Å²) in [6.07, 6.45) is -1.53. The second-order valence-electron chi connectivity index (χ2n) is 2.92. The van der Waals surface area contributed by atoms with Crippen LogP contribution in [0.15, 0.2) is 0 Å². The van der Waals surface area contributed by atoms with Crippen molar-refractivity contribution in [3.63, 3.8) is 0 Å². The third-order valence-corrected chi connectivity index (χ3v) is 0.577. The van der Waals surface area contributed by atoms with E-state index in [9.17, 15) is 0 Å². The Bertz CT molecular complexity index is 228. The molecule has 0 aliphatic heterocycles. The molecule has 0 radical (unpaired) electrons. The zero-order chi connectivity index (χ0) is 13.6. The molecule has 0 heteroatoms. The quantitative estimate of drug-likeness (QED) is 0.501. The molecule has 0 heterocycles. The molecule has 0 spiro atoms. The van der Waals surface area contributed by atoms with Gasteiger partial charge in [-0.15, -0.1) is 0 Å². The van der Waals surface area contributed by atoms with Crippen LogP contribution < -0.4 is 0 Å². The number of hydrogen-bond acceptors (Lipinski definition) is 0. The predicted octanol–water partition coefficient (Wildman–Crippen LogP) is 3.08. The molecule has 0 fully saturated rings. The Balaban J connectivity index is 5.63. The van der Waals surface area contributed by atoms with Crippen LogP contribution in [0.25, 0.3) is 0 Å². The van der Waals surface area contributed by atoms with E-state index in [1.165, 1.54) is 0 Å². The topological polar surface area (TPSA) is 0 Å². The minimum absolute atomic E-state index is 0.884. The van der Waals surface area contributed by atoms with Crippen LogP contribution in [0.4, 0.5) is 0 Å². The Hall–Kier alpha value is 0. The van der Waals surface area contributed by atoms with Gasteiger partial charge in [0.25, 0.3) is 0 Å². The lowest BCUT2D eigenvalue weighted by atomic mass is 9.86. The third-order valence-electron chi connectivity index (χ3n) is 0.577. The Kier molecular flexibility index (Phi) is 0.549. The summed E-state index contributed by atoms with van der Waals surface area (Å²) in [5.74, 6) is -2.77. The highest BCUT2D eigenvalue weighted by Crippen LogP contribution is 2.23. The van der Waals surface area contributed by atoms with Crippen molar-refractivity contribution in [3.8, 4) is 0 Å². The minimum atomic E-state index is -3.02. The van der Waals surface area contributed by atoms with E-state index in [1.54, 1.807) is 20.8 Å². The first kappa shape index (κ1) is 1.74. The fourth-order valence-corrected chi connectivity index (χ4v) is 0.433. The molecule has 0 rings (SSSR count). The smallest absolute Gasteiger partial charge is 0.0297 e. The van der Waals surface area contributed by atoms with E-state index < -0.39 is 31.4 Å². The van der Waals surface area contributed by atoms with Crippen molar-refractivity contribution in [1.29, 1.82) is 0 Å². The molecule has 0 N–H and O–H groups in total. The summed E-state index contributed by atoms with van der Waals surface area (Å²) >= 11 is 0. The Morgan fingerprint density at radius 1 is 1.62 bits per heavy atom. The van der Waals surface area contributed by atoms with Crippen LogP contribution in [0.5, 0.6) is 0 Å². The highest BCUT2D eigenvalue weighted by atomic mass is 14.2. The van der Waals surface area contributed by atoms with E-state index in [0.29, 0.717) is 0 Å². The Labute approximate surface area is 64.5 Å². The fourth-order valence-electron chi connectivity index (χ4n) is 0.433. The third kappa shape index (κ3) is 6.00. The van der Waals surface area contributed by atoms with Crippen LogP contribution >= 0.6 is 0 Å². The lowest BCUT2D eigenvalue weighted by molar-refractivity contribution is 0.320. The number of rotatable bonds is 1. The molecular weight excluding hydrogens is 96.1 g/mol. The molecule has 0 aromatic rings. The molecule has 0 aliphatic carbocycles. The van der Waals surface area contributed by atoms with Gasteiger partial charge in [0.15, 0.2) is 0 Å².